The Morgan fingerprint density at radius 1 is 0.960 bits per heavy atom. The van der Waals surface area contributed by atoms with Crippen LogP contribution < -0.4 is 10.2 Å². The van der Waals surface area contributed by atoms with Crippen LogP contribution in [0.25, 0.3) is 0 Å². The van der Waals surface area contributed by atoms with Gasteiger partial charge in [0.05, 0.1) is 5.69 Å². The van der Waals surface area contributed by atoms with Crippen LogP contribution in [-0.4, -0.2) is 48.0 Å². The molecule has 1 fully saturated rings. The number of phenols is 1. The third-order valence-corrected chi connectivity index (χ3v) is 4.33. The molecular weight excluding hydrogens is 318 g/mol. The van der Waals surface area contributed by atoms with Crippen LogP contribution in [0.15, 0.2) is 48.5 Å². The first-order valence-corrected chi connectivity index (χ1v) is 8.24. The summed E-state index contributed by atoms with van der Waals surface area (Å²) in [7, 11) is 0. The Kier molecular flexibility index (Phi) is 4.88. The fraction of sp³-hybridized carbons (Fsp3) is 0.263. The molecule has 6 heteroatoms. The van der Waals surface area contributed by atoms with Gasteiger partial charge in [-0.1, -0.05) is 12.1 Å². The number of carbonyl (C=O) groups excluding carboxylic acids is 2. The number of piperazine rings is 1. The second-order valence-corrected chi connectivity index (χ2v) is 6.03. The van der Waals surface area contributed by atoms with Gasteiger partial charge in [-0.15, -0.1) is 0 Å². The van der Waals surface area contributed by atoms with Crippen molar-refractivity contribution >= 4 is 23.2 Å². The van der Waals surface area contributed by atoms with Gasteiger partial charge in [0, 0.05) is 37.4 Å². The topological polar surface area (TPSA) is 72.9 Å². The molecule has 1 aliphatic rings. The van der Waals surface area contributed by atoms with Crippen LogP contribution in [0.5, 0.6) is 5.75 Å². The monoisotopic (exact) mass is 339 g/mol. The number of urea groups is 1. The SMILES string of the molecule is CC(=O)c1ccc(NC(=O)N2CCN(c3ccccc3O)CC2)cc1. The number of carbonyl (C=O) groups is 2. The van der Waals surface area contributed by atoms with E-state index in [-0.39, 0.29) is 17.6 Å². The molecule has 0 atom stereocenters. The Morgan fingerprint density at radius 2 is 1.60 bits per heavy atom. The van der Waals surface area contributed by atoms with Crippen molar-refractivity contribution in [2.45, 2.75) is 6.92 Å². The molecule has 1 saturated heterocycles. The van der Waals surface area contributed by atoms with E-state index in [0.29, 0.717) is 37.4 Å². The summed E-state index contributed by atoms with van der Waals surface area (Å²) in [5, 5.41) is 12.8. The maximum Gasteiger partial charge on any atom is 0.321 e. The first-order valence-electron chi connectivity index (χ1n) is 8.24. The molecule has 0 saturated carbocycles. The summed E-state index contributed by atoms with van der Waals surface area (Å²) in [4.78, 5) is 27.5. The van der Waals surface area contributed by atoms with Gasteiger partial charge in [0.2, 0.25) is 0 Å². The van der Waals surface area contributed by atoms with E-state index in [1.54, 1.807) is 41.3 Å². The molecule has 0 radical (unpaired) electrons. The number of nitrogens with one attached hydrogen (secondary N) is 1. The zero-order chi connectivity index (χ0) is 17.8. The Hall–Kier alpha value is -3.02. The minimum atomic E-state index is -0.160. The molecule has 3 rings (SSSR count). The molecule has 0 aromatic heterocycles. The molecule has 0 unspecified atom stereocenters. The van der Waals surface area contributed by atoms with Crippen molar-refractivity contribution in [1.82, 2.24) is 4.90 Å². The fourth-order valence-electron chi connectivity index (χ4n) is 2.87. The first kappa shape index (κ1) is 16.8. The summed E-state index contributed by atoms with van der Waals surface area (Å²) in [6.07, 6.45) is 0. The number of aromatic hydroxyl groups is 1. The van der Waals surface area contributed by atoms with Crippen LogP contribution in [0.4, 0.5) is 16.2 Å². The molecule has 2 aromatic carbocycles. The summed E-state index contributed by atoms with van der Waals surface area (Å²) in [5.74, 6) is 0.254. The molecule has 25 heavy (non-hydrogen) atoms. The van der Waals surface area contributed by atoms with Crippen molar-refractivity contribution in [3.8, 4) is 5.75 Å². The van der Waals surface area contributed by atoms with E-state index in [1.165, 1.54) is 6.92 Å². The Labute approximate surface area is 146 Å². The van der Waals surface area contributed by atoms with Crippen molar-refractivity contribution in [2.75, 3.05) is 36.4 Å². The van der Waals surface area contributed by atoms with Crippen LogP contribution in [-0.2, 0) is 0 Å². The van der Waals surface area contributed by atoms with E-state index < -0.39 is 0 Å². The largest absolute Gasteiger partial charge is 0.506 e. The summed E-state index contributed by atoms with van der Waals surface area (Å²) in [5.41, 5.74) is 2.08. The number of hydrogen-bond donors (Lipinski definition) is 2. The molecule has 6 nitrogen and oxygen atoms in total. The predicted molar refractivity (Wildman–Crippen MR) is 97.4 cm³/mol. The predicted octanol–water partition coefficient (Wildman–Crippen LogP) is 2.95. The molecule has 130 valence electrons. The maximum absolute atomic E-state index is 12.4. The lowest BCUT2D eigenvalue weighted by Crippen LogP contribution is -2.50. The molecule has 1 aliphatic heterocycles. The average molecular weight is 339 g/mol. The van der Waals surface area contributed by atoms with E-state index in [9.17, 15) is 14.7 Å². The van der Waals surface area contributed by atoms with Gasteiger partial charge < -0.3 is 20.2 Å². The van der Waals surface area contributed by atoms with Gasteiger partial charge in [-0.2, -0.15) is 0 Å². The smallest absolute Gasteiger partial charge is 0.321 e. The van der Waals surface area contributed by atoms with Crippen LogP contribution in [0.2, 0.25) is 0 Å². The zero-order valence-corrected chi connectivity index (χ0v) is 14.1. The number of benzene rings is 2. The molecule has 1 heterocycles. The average Bonchev–Trinajstić information content (AvgIpc) is 2.63. The van der Waals surface area contributed by atoms with E-state index >= 15 is 0 Å². The number of ketones is 1. The first-order chi connectivity index (χ1) is 12.0. The Balaban J connectivity index is 1.56. The zero-order valence-electron chi connectivity index (χ0n) is 14.1. The van der Waals surface area contributed by atoms with E-state index in [0.717, 1.165) is 5.69 Å². The number of para-hydroxylation sites is 2. The highest BCUT2D eigenvalue weighted by molar-refractivity contribution is 5.95. The summed E-state index contributed by atoms with van der Waals surface area (Å²) < 4.78 is 0. The minimum absolute atomic E-state index is 0.00170. The van der Waals surface area contributed by atoms with Gasteiger partial charge in [-0.25, -0.2) is 4.79 Å². The lowest BCUT2D eigenvalue weighted by molar-refractivity contribution is 0.101. The van der Waals surface area contributed by atoms with Crippen molar-refractivity contribution < 1.29 is 14.7 Å². The molecule has 0 spiro atoms. The Bertz CT molecular complexity index is 766. The number of rotatable bonds is 3. The van der Waals surface area contributed by atoms with Crippen molar-refractivity contribution in [3.63, 3.8) is 0 Å². The second kappa shape index (κ2) is 7.25. The lowest BCUT2D eigenvalue weighted by atomic mass is 10.1. The van der Waals surface area contributed by atoms with Crippen molar-refractivity contribution in [2.24, 2.45) is 0 Å². The fourth-order valence-corrected chi connectivity index (χ4v) is 2.87. The van der Waals surface area contributed by atoms with Gasteiger partial charge in [-0.3, -0.25) is 4.79 Å². The normalized spacial score (nSPS) is 14.3. The van der Waals surface area contributed by atoms with Crippen molar-refractivity contribution in [3.05, 3.63) is 54.1 Å². The summed E-state index contributed by atoms with van der Waals surface area (Å²) in [6, 6.07) is 13.9. The highest BCUT2D eigenvalue weighted by atomic mass is 16.3. The molecule has 0 aliphatic carbocycles. The van der Waals surface area contributed by atoms with Crippen LogP contribution in [0.1, 0.15) is 17.3 Å². The van der Waals surface area contributed by atoms with Crippen LogP contribution >= 0.6 is 0 Å². The van der Waals surface area contributed by atoms with E-state index in [2.05, 4.69) is 10.2 Å². The standard InChI is InChI=1S/C19H21N3O3/c1-14(23)15-6-8-16(9-7-15)20-19(25)22-12-10-21(11-13-22)17-4-2-3-5-18(17)24/h2-9,24H,10-13H2,1H3,(H,20,25). The molecule has 2 N–H and O–H groups in total. The van der Waals surface area contributed by atoms with Gasteiger partial charge in [0.15, 0.2) is 5.78 Å². The van der Waals surface area contributed by atoms with Gasteiger partial charge in [0.1, 0.15) is 5.75 Å². The quantitative estimate of drug-likeness (QED) is 0.843. The number of phenolic OH excluding ortho intramolecular Hbond substituents is 1. The van der Waals surface area contributed by atoms with E-state index in [4.69, 9.17) is 0 Å². The molecule has 0 bridgehead atoms. The third kappa shape index (κ3) is 3.91. The third-order valence-electron chi connectivity index (χ3n) is 4.33. The lowest BCUT2D eigenvalue weighted by Gasteiger charge is -2.36. The molecule has 2 amide bonds. The Morgan fingerprint density at radius 3 is 2.20 bits per heavy atom. The molecule has 2 aromatic rings. The van der Waals surface area contributed by atoms with E-state index in [1.807, 2.05) is 12.1 Å². The summed E-state index contributed by atoms with van der Waals surface area (Å²) in [6.45, 7) is 3.98. The highest BCUT2D eigenvalue weighted by Gasteiger charge is 2.22. The minimum Gasteiger partial charge on any atom is -0.506 e. The maximum atomic E-state index is 12.4. The van der Waals surface area contributed by atoms with Gasteiger partial charge in [0.25, 0.3) is 0 Å². The van der Waals surface area contributed by atoms with Gasteiger partial charge >= 0.3 is 6.03 Å². The highest BCUT2D eigenvalue weighted by Crippen LogP contribution is 2.27. The molecular formula is C19H21N3O3. The summed E-state index contributed by atoms with van der Waals surface area (Å²) >= 11 is 0. The number of nitrogens with zero attached hydrogens (tertiary/aromatic N) is 2. The number of hydrogen-bond acceptors (Lipinski definition) is 4. The van der Waals surface area contributed by atoms with Gasteiger partial charge in [-0.05, 0) is 43.3 Å². The number of anilines is 2. The van der Waals surface area contributed by atoms with Crippen LogP contribution in [0.3, 0.4) is 0 Å². The number of Topliss-reactive ketones (excluding diaryl/α,β-unsaturated/α-hetero) is 1. The number of amides is 2. The van der Waals surface area contributed by atoms with Crippen molar-refractivity contribution in [1.29, 1.82) is 0 Å². The van der Waals surface area contributed by atoms with Crippen LogP contribution in [0, 0.1) is 0 Å². The second-order valence-electron chi connectivity index (χ2n) is 6.03.